The zero-order valence-corrected chi connectivity index (χ0v) is 17.6. The van der Waals surface area contributed by atoms with Gasteiger partial charge in [-0.15, -0.1) is 30.7 Å². The quantitative estimate of drug-likeness (QED) is 0.410. The fourth-order valence-electron chi connectivity index (χ4n) is 1.88. The first-order valence-corrected chi connectivity index (χ1v) is 11.4. The van der Waals surface area contributed by atoms with Crippen molar-refractivity contribution in [3.63, 3.8) is 0 Å². The molecule has 0 saturated heterocycles. The van der Waals surface area contributed by atoms with E-state index in [1.165, 1.54) is 5.20 Å². The van der Waals surface area contributed by atoms with E-state index in [9.17, 15) is 0 Å². The Bertz CT molecular complexity index is 570. The van der Waals surface area contributed by atoms with Crippen molar-refractivity contribution >= 4 is 8.07 Å². The first-order valence-electron chi connectivity index (χ1n) is 7.91. The Morgan fingerprint density at radius 2 is 1.21 bits per heavy atom. The van der Waals surface area contributed by atoms with Crippen LogP contribution in [0.1, 0.15) is 17.5 Å². The summed E-state index contributed by atoms with van der Waals surface area (Å²) in [6.07, 6.45) is 8.82. The summed E-state index contributed by atoms with van der Waals surface area (Å²) < 4.78 is 0. The van der Waals surface area contributed by atoms with Gasteiger partial charge in [-0.2, -0.15) is 55.3 Å². The molecule has 0 heterocycles. The number of allylic oxidation sites excluding steroid dienone is 4. The number of hydrogen-bond acceptors (Lipinski definition) is 0. The molecule has 0 N–H and O–H groups in total. The van der Waals surface area contributed by atoms with E-state index in [1.807, 2.05) is 60.7 Å². The third-order valence-corrected chi connectivity index (χ3v) is 5.15. The van der Waals surface area contributed by atoms with Gasteiger partial charge in [0.05, 0.1) is 0 Å². The second kappa shape index (κ2) is 12.0. The number of rotatable bonds is 1. The van der Waals surface area contributed by atoms with Gasteiger partial charge in [0.2, 0.25) is 0 Å². The van der Waals surface area contributed by atoms with Gasteiger partial charge in [-0.3, -0.25) is 6.08 Å². The van der Waals surface area contributed by atoms with E-state index in [-0.39, 0.29) is 21.7 Å². The molecule has 0 bridgehead atoms. The fourth-order valence-corrected chi connectivity index (χ4v) is 3.13. The van der Waals surface area contributed by atoms with E-state index in [1.54, 1.807) is 0 Å². The van der Waals surface area contributed by atoms with Crippen LogP contribution in [0.25, 0.3) is 0 Å². The van der Waals surface area contributed by atoms with E-state index >= 15 is 0 Å². The molecule has 0 amide bonds. The second-order valence-electron chi connectivity index (χ2n) is 6.42. The van der Waals surface area contributed by atoms with E-state index in [2.05, 4.69) is 51.7 Å². The molecule has 2 aromatic rings. The summed E-state index contributed by atoms with van der Waals surface area (Å²) in [6, 6.07) is 19.7. The van der Waals surface area contributed by atoms with Gasteiger partial charge in [-0.25, -0.2) is 11.3 Å². The molecular weight excluding hydrogens is 340 g/mol. The minimum absolute atomic E-state index is 0. The minimum atomic E-state index is -1.01. The van der Waals surface area contributed by atoms with Crippen LogP contribution >= 0.6 is 0 Å². The predicted molar refractivity (Wildman–Crippen MR) is 106 cm³/mol. The van der Waals surface area contributed by atoms with Crippen LogP contribution in [-0.4, -0.2) is 8.07 Å². The van der Waals surface area contributed by atoms with Crippen molar-refractivity contribution in [3.05, 3.63) is 109 Å². The first-order chi connectivity index (χ1) is 10.9. The Kier molecular flexibility index (Phi) is 11.3. The van der Waals surface area contributed by atoms with Crippen LogP contribution in [0.4, 0.5) is 0 Å². The van der Waals surface area contributed by atoms with Crippen molar-refractivity contribution in [2.24, 2.45) is 0 Å². The van der Waals surface area contributed by atoms with Gasteiger partial charge in [0.1, 0.15) is 0 Å². The van der Waals surface area contributed by atoms with Gasteiger partial charge in [0.15, 0.2) is 0 Å². The van der Waals surface area contributed by atoms with Gasteiger partial charge in [0.25, 0.3) is 0 Å². The van der Waals surface area contributed by atoms with E-state index in [4.69, 9.17) is 0 Å². The normalized spacial score (nSPS) is 11.9. The summed E-state index contributed by atoms with van der Waals surface area (Å²) >= 11 is 0. The molecule has 0 aliphatic heterocycles. The third kappa shape index (κ3) is 10.4. The zero-order chi connectivity index (χ0) is 17.1. The Labute approximate surface area is 164 Å². The van der Waals surface area contributed by atoms with Gasteiger partial charge >= 0.3 is 21.7 Å². The molecule has 0 saturated carbocycles. The van der Waals surface area contributed by atoms with E-state index in [0.29, 0.717) is 0 Å². The maximum Gasteiger partial charge on any atom is 3.00 e. The molecule has 123 valence electrons. The fraction of sp³-hybridized carbons (Fsp3) is 0.182. The molecule has 24 heavy (non-hydrogen) atoms. The predicted octanol–water partition coefficient (Wildman–Crippen LogP) is 6.29. The molecule has 1 aliphatic carbocycles. The number of benzene rings is 2. The molecule has 1 aliphatic rings. The Hall–Kier alpha value is -1.41. The average Bonchev–Trinajstić information content (AvgIpc) is 3.05. The molecule has 3 rings (SSSR count). The number of hydrogen-bond donors (Lipinski definition) is 0. The van der Waals surface area contributed by atoms with Gasteiger partial charge in [0, 0.05) is 8.07 Å². The summed E-state index contributed by atoms with van der Waals surface area (Å²) in [7, 11) is -1.01. The van der Waals surface area contributed by atoms with Crippen molar-refractivity contribution in [1.82, 2.24) is 0 Å². The molecule has 1 radical (unpaired) electrons. The van der Waals surface area contributed by atoms with Gasteiger partial charge in [-0.1, -0.05) is 31.8 Å². The average molecular weight is 367 g/mol. The summed E-state index contributed by atoms with van der Waals surface area (Å²) in [6.45, 7) is 14.5. The molecule has 0 unspecified atom stereocenters. The second-order valence-corrected chi connectivity index (χ2v) is 11.5. The van der Waals surface area contributed by atoms with Gasteiger partial charge in [-0.05, 0) is 0 Å². The summed E-state index contributed by atoms with van der Waals surface area (Å²) in [4.78, 5) is 0. The largest absolute Gasteiger partial charge is 3.00 e. The molecule has 2 aromatic carbocycles. The summed E-state index contributed by atoms with van der Waals surface area (Å²) in [5, 5.41) is 1.49. The summed E-state index contributed by atoms with van der Waals surface area (Å²) in [5.74, 6) is 0. The van der Waals surface area contributed by atoms with Crippen LogP contribution in [0, 0.1) is 19.9 Å². The van der Waals surface area contributed by atoms with Crippen LogP contribution in [0.3, 0.4) is 0 Å². The topological polar surface area (TPSA) is 0 Å². The zero-order valence-electron chi connectivity index (χ0n) is 15.0. The molecule has 0 atom stereocenters. The van der Waals surface area contributed by atoms with Gasteiger partial charge < -0.3 is 0 Å². The molecular formula is C22H27SiTi. The van der Waals surface area contributed by atoms with Crippen LogP contribution in [-0.2, 0) is 21.7 Å². The molecule has 0 fully saturated rings. The Balaban J connectivity index is 0.000000327. The van der Waals surface area contributed by atoms with Crippen LogP contribution in [0.5, 0.6) is 0 Å². The van der Waals surface area contributed by atoms with E-state index in [0.717, 1.165) is 17.5 Å². The SMILES string of the molecule is C[Si](C)(C)C1=[C-]CC=C1.[CH2-]c1ccccc1.[CH2-]c1ccccc1.[Ti+3]. The smallest absolute Gasteiger partial charge is 0.274 e. The van der Waals surface area contributed by atoms with Crippen LogP contribution < -0.4 is 0 Å². The third-order valence-electron chi connectivity index (χ3n) is 3.19. The van der Waals surface area contributed by atoms with Crippen molar-refractivity contribution in [2.75, 3.05) is 0 Å². The maximum absolute atomic E-state index is 3.72. The van der Waals surface area contributed by atoms with Crippen molar-refractivity contribution in [2.45, 2.75) is 26.1 Å². The molecule has 0 nitrogen and oxygen atoms in total. The monoisotopic (exact) mass is 367 g/mol. The minimum Gasteiger partial charge on any atom is -0.274 e. The van der Waals surface area contributed by atoms with E-state index < -0.39 is 8.07 Å². The Morgan fingerprint density at radius 1 is 0.792 bits per heavy atom. The first kappa shape index (κ1) is 22.6. The standard InChI is InChI=1S/C8H13Si.2C7H7.Ti/c1-9(2,3)8-6-4-5-7-8;2*1-7-5-3-2-4-6-7;/h4,6H,5H2,1-3H3;2*2-6H,1H2;/q3*-1;+3. The molecule has 2 heteroatoms. The van der Waals surface area contributed by atoms with Crippen molar-refractivity contribution in [1.29, 1.82) is 0 Å². The molecule has 0 aromatic heterocycles. The maximum atomic E-state index is 3.72. The van der Waals surface area contributed by atoms with Crippen LogP contribution in [0.2, 0.25) is 19.6 Å². The van der Waals surface area contributed by atoms with Crippen molar-refractivity contribution in [3.8, 4) is 0 Å². The molecule has 0 spiro atoms. The Morgan fingerprint density at radius 3 is 1.38 bits per heavy atom. The van der Waals surface area contributed by atoms with Crippen LogP contribution in [0.15, 0.2) is 78.0 Å². The summed E-state index contributed by atoms with van der Waals surface area (Å²) in [5.41, 5.74) is 2.14. The van der Waals surface area contributed by atoms with Crippen molar-refractivity contribution < 1.29 is 21.7 Å².